The molecule has 2 rings (SSSR count). The maximum absolute atomic E-state index is 10.4. The summed E-state index contributed by atoms with van der Waals surface area (Å²) in [6.45, 7) is 4.43. The van der Waals surface area contributed by atoms with E-state index < -0.39 is 5.60 Å². The van der Waals surface area contributed by atoms with Crippen LogP contribution < -0.4 is 5.32 Å². The maximum Gasteiger partial charge on any atom is 0.0992 e. The van der Waals surface area contributed by atoms with Crippen molar-refractivity contribution >= 4 is 0 Å². The third-order valence-corrected chi connectivity index (χ3v) is 3.68. The van der Waals surface area contributed by atoms with Crippen molar-refractivity contribution in [3.8, 4) is 0 Å². The molecule has 3 nitrogen and oxygen atoms in total. The molecule has 0 aliphatic heterocycles. The summed E-state index contributed by atoms with van der Waals surface area (Å²) in [7, 11) is 2.18. The molecule has 1 fully saturated rings. The van der Waals surface area contributed by atoms with E-state index in [-0.39, 0.29) is 0 Å². The average Bonchev–Trinajstić information content (AvgIpc) is 3.20. The molecule has 0 aromatic heterocycles. The molecule has 18 heavy (non-hydrogen) atoms. The molecule has 0 radical (unpaired) electrons. The maximum atomic E-state index is 10.4. The van der Waals surface area contributed by atoms with Gasteiger partial charge in [-0.1, -0.05) is 30.3 Å². The van der Waals surface area contributed by atoms with Gasteiger partial charge in [-0.3, -0.25) is 0 Å². The quantitative estimate of drug-likeness (QED) is 0.719. The second-order valence-corrected chi connectivity index (χ2v) is 5.53. The Balaban J connectivity index is 1.71. The molecule has 1 atom stereocenters. The Bertz CT molecular complexity index is 360. The third kappa shape index (κ3) is 3.80. The van der Waals surface area contributed by atoms with Crippen LogP contribution >= 0.6 is 0 Å². The fourth-order valence-corrected chi connectivity index (χ4v) is 2.18. The van der Waals surface area contributed by atoms with Crippen LogP contribution in [0.25, 0.3) is 0 Å². The summed E-state index contributed by atoms with van der Waals surface area (Å²) in [6, 6.07) is 10.6. The van der Waals surface area contributed by atoms with Gasteiger partial charge in [-0.25, -0.2) is 0 Å². The highest BCUT2D eigenvalue weighted by Gasteiger charge is 2.26. The monoisotopic (exact) mass is 248 g/mol. The van der Waals surface area contributed by atoms with E-state index in [1.807, 2.05) is 37.3 Å². The fraction of sp³-hybridized carbons (Fsp3) is 0.600. The summed E-state index contributed by atoms with van der Waals surface area (Å²) in [5, 5.41) is 13.7. The zero-order chi connectivity index (χ0) is 13.0. The molecule has 1 unspecified atom stereocenters. The second-order valence-electron chi connectivity index (χ2n) is 5.53. The van der Waals surface area contributed by atoms with Gasteiger partial charge in [0.1, 0.15) is 0 Å². The minimum atomic E-state index is -0.792. The van der Waals surface area contributed by atoms with Crippen LogP contribution in [0.3, 0.4) is 0 Å². The Morgan fingerprint density at radius 3 is 2.61 bits per heavy atom. The lowest BCUT2D eigenvalue weighted by Gasteiger charge is -2.25. The Kier molecular flexibility index (Phi) is 4.38. The van der Waals surface area contributed by atoms with Gasteiger partial charge in [0.25, 0.3) is 0 Å². The molecule has 1 aliphatic carbocycles. The molecule has 0 saturated heterocycles. The van der Waals surface area contributed by atoms with E-state index in [9.17, 15) is 5.11 Å². The van der Waals surface area contributed by atoms with Crippen molar-refractivity contribution in [2.45, 2.75) is 31.4 Å². The molecule has 1 saturated carbocycles. The second kappa shape index (κ2) is 5.83. The van der Waals surface area contributed by atoms with Crippen LogP contribution in [0.15, 0.2) is 30.3 Å². The van der Waals surface area contributed by atoms with E-state index in [4.69, 9.17) is 0 Å². The van der Waals surface area contributed by atoms with Crippen LogP contribution in [-0.4, -0.2) is 42.7 Å². The van der Waals surface area contributed by atoms with E-state index in [2.05, 4.69) is 17.3 Å². The van der Waals surface area contributed by atoms with Gasteiger partial charge < -0.3 is 15.3 Å². The number of nitrogens with one attached hydrogen (secondary N) is 1. The van der Waals surface area contributed by atoms with Crippen LogP contribution in [0.2, 0.25) is 0 Å². The molecule has 3 heteroatoms. The van der Waals surface area contributed by atoms with Gasteiger partial charge >= 0.3 is 0 Å². The predicted molar refractivity (Wildman–Crippen MR) is 74.5 cm³/mol. The van der Waals surface area contributed by atoms with E-state index in [1.165, 1.54) is 12.8 Å². The summed E-state index contributed by atoms with van der Waals surface area (Å²) < 4.78 is 0. The third-order valence-electron chi connectivity index (χ3n) is 3.68. The summed E-state index contributed by atoms with van der Waals surface area (Å²) in [4.78, 5) is 2.39. The van der Waals surface area contributed by atoms with Crippen molar-refractivity contribution < 1.29 is 5.11 Å². The minimum absolute atomic E-state index is 0.593. The van der Waals surface area contributed by atoms with Gasteiger partial charge in [-0.2, -0.15) is 0 Å². The zero-order valence-corrected chi connectivity index (χ0v) is 11.4. The molecule has 0 amide bonds. The van der Waals surface area contributed by atoms with Crippen LogP contribution in [0.1, 0.15) is 25.3 Å². The zero-order valence-electron chi connectivity index (χ0n) is 11.4. The first-order valence-electron chi connectivity index (χ1n) is 6.78. The Hall–Kier alpha value is -0.900. The van der Waals surface area contributed by atoms with Crippen molar-refractivity contribution in [2.75, 3.05) is 26.7 Å². The summed E-state index contributed by atoms with van der Waals surface area (Å²) in [5.41, 5.74) is 0.174. The lowest BCUT2D eigenvalue weighted by molar-refractivity contribution is 0.0565. The Morgan fingerprint density at radius 2 is 2.00 bits per heavy atom. The first-order chi connectivity index (χ1) is 8.59. The van der Waals surface area contributed by atoms with Crippen molar-refractivity contribution in [2.24, 2.45) is 0 Å². The number of benzene rings is 1. The Morgan fingerprint density at radius 1 is 1.33 bits per heavy atom. The normalized spacial score (nSPS) is 18.9. The van der Waals surface area contributed by atoms with Crippen molar-refractivity contribution in [1.29, 1.82) is 0 Å². The van der Waals surface area contributed by atoms with Crippen LogP contribution in [0, 0.1) is 0 Å². The molecular formula is C15H24N2O. The molecule has 2 N–H and O–H groups in total. The first-order valence-corrected chi connectivity index (χ1v) is 6.78. The van der Waals surface area contributed by atoms with Crippen molar-refractivity contribution in [3.05, 3.63) is 35.9 Å². The fourth-order valence-electron chi connectivity index (χ4n) is 2.18. The van der Waals surface area contributed by atoms with Gasteiger partial charge in [0, 0.05) is 25.7 Å². The topological polar surface area (TPSA) is 35.5 Å². The average molecular weight is 248 g/mol. The summed E-state index contributed by atoms with van der Waals surface area (Å²) in [6.07, 6.45) is 2.69. The summed E-state index contributed by atoms with van der Waals surface area (Å²) in [5.74, 6) is 0. The highest BCUT2D eigenvalue weighted by atomic mass is 16.3. The van der Waals surface area contributed by atoms with Crippen molar-refractivity contribution in [1.82, 2.24) is 10.2 Å². The van der Waals surface area contributed by atoms with Gasteiger partial charge in [-0.05, 0) is 32.4 Å². The highest BCUT2D eigenvalue weighted by Crippen LogP contribution is 2.24. The Labute approximate surface area is 110 Å². The molecule has 0 bridgehead atoms. The van der Waals surface area contributed by atoms with E-state index in [1.54, 1.807) is 0 Å². The van der Waals surface area contributed by atoms with E-state index in [0.29, 0.717) is 6.54 Å². The number of nitrogens with zero attached hydrogens (tertiary/aromatic N) is 1. The van der Waals surface area contributed by atoms with Crippen molar-refractivity contribution in [3.63, 3.8) is 0 Å². The molecule has 1 aromatic rings. The molecule has 1 aliphatic rings. The van der Waals surface area contributed by atoms with Crippen LogP contribution in [0.4, 0.5) is 0 Å². The van der Waals surface area contributed by atoms with E-state index in [0.717, 1.165) is 24.7 Å². The molecule has 0 heterocycles. The number of hydrogen-bond donors (Lipinski definition) is 2. The molecular weight excluding hydrogens is 224 g/mol. The minimum Gasteiger partial charge on any atom is -0.384 e. The number of likely N-dealkylation sites (N-methyl/N-ethyl adjacent to an activating group) is 1. The van der Waals surface area contributed by atoms with Gasteiger partial charge in [0.2, 0.25) is 0 Å². The number of hydrogen-bond acceptors (Lipinski definition) is 3. The van der Waals surface area contributed by atoms with Crippen LogP contribution in [-0.2, 0) is 5.60 Å². The summed E-state index contributed by atoms with van der Waals surface area (Å²) >= 11 is 0. The van der Waals surface area contributed by atoms with E-state index >= 15 is 0 Å². The largest absolute Gasteiger partial charge is 0.384 e. The van der Waals surface area contributed by atoms with Gasteiger partial charge in [0.05, 0.1) is 5.60 Å². The SMILES string of the molecule is CN(CCNCC(C)(O)c1ccccc1)C1CC1. The lowest BCUT2D eigenvalue weighted by atomic mass is 9.96. The predicted octanol–water partition coefficient (Wildman–Crippen LogP) is 1.58. The van der Waals surface area contributed by atoms with Gasteiger partial charge in [0.15, 0.2) is 0 Å². The number of aliphatic hydroxyl groups is 1. The molecule has 100 valence electrons. The smallest absolute Gasteiger partial charge is 0.0992 e. The van der Waals surface area contributed by atoms with Crippen LogP contribution in [0.5, 0.6) is 0 Å². The number of rotatable bonds is 7. The molecule has 0 spiro atoms. The highest BCUT2D eigenvalue weighted by molar-refractivity contribution is 5.21. The first kappa shape index (κ1) is 13.5. The van der Waals surface area contributed by atoms with Gasteiger partial charge in [-0.15, -0.1) is 0 Å². The molecule has 1 aromatic carbocycles. The standard InChI is InChI=1S/C15H24N2O/c1-15(18,13-6-4-3-5-7-13)12-16-10-11-17(2)14-8-9-14/h3-7,14,16,18H,8-12H2,1-2H3. The lowest BCUT2D eigenvalue weighted by Crippen LogP contribution is -2.39.